The molecule has 0 bridgehead atoms. The molecule has 4 N–H and O–H groups in total. The summed E-state index contributed by atoms with van der Waals surface area (Å²) in [5, 5.41) is 20.1. The number of alkyl halides is 3. The Kier molecular flexibility index (Phi) is 6.02. The van der Waals surface area contributed by atoms with Crippen molar-refractivity contribution in [3.63, 3.8) is 0 Å². The van der Waals surface area contributed by atoms with Gasteiger partial charge in [0.05, 0.1) is 17.1 Å². The first kappa shape index (κ1) is 24.5. The lowest BCUT2D eigenvalue weighted by Crippen LogP contribution is -2.35. The number of halogens is 3. The van der Waals surface area contributed by atoms with Gasteiger partial charge in [0.1, 0.15) is 30.3 Å². The number of carboxylic acids is 1. The molecule has 1 aliphatic rings. The number of benzene rings is 1. The number of nitrogens with one attached hydrogen (secondary N) is 2. The average molecular weight is 525 g/mol. The van der Waals surface area contributed by atoms with Crippen molar-refractivity contribution in [3.8, 4) is 11.1 Å². The minimum atomic E-state index is -4.58. The van der Waals surface area contributed by atoms with Crippen LogP contribution in [0.25, 0.3) is 16.6 Å². The van der Waals surface area contributed by atoms with Gasteiger partial charge in [0, 0.05) is 23.6 Å². The zero-order valence-electron chi connectivity index (χ0n) is 19.1. The molecular formula is C23H16F3N8O4-. The molecule has 2 amide bonds. The first-order valence-corrected chi connectivity index (χ1v) is 10.9. The lowest BCUT2D eigenvalue weighted by Gasteiger charge is -2.11. The number of nitrogen functional groups attached to an aromatic ring is 1. The van der Waals surface area contributed by atoms with E-state index >= 15 is 0 Å². The summed E-state index contributed by atoms with van der Waals surface area (Å²) in [6, 6.07) is 5.89. The van der Waals surface area contributed by atoms with Crippen LogP contribution < -0.4 is 21.5 Å². The van der Waals surface area contributed by atoms with E-state index in [-0.39, 0.29) is 24.1 Å². The monoisotopic (exact) mass is 525 g/mol. The third-order valence-corrected chi connectivity index (χ3v) is 5.52. The number of carbonyl (C=O) groups excluding carboxylic acids is 2. The Labute approximate surface area is 211 Å². The average Bonchev–Trinajstić information content (AvgIpc) is 3.50. The normalized spacial score (nSPS) is 15.1. The van der Waals surface area contributed by atoms with E-state index in [4.69, 9.17) is 10.5 Å². The molecule has 0 spiro atoms. The number of carboxylic acid groups (broad SMARTS) is 1. The fraction of sp³-hybridized carbons (Fsp3) is 0.130. The minimum Gasteiger partial charge on any atom is -0.548 e. The summed E-state index contributed by atoms with van der Waals surface area (Å²) in [4.78, 5) is 35.4. The smallest absolute Gasteiger partial charge is 0.416 e. The van der Waals surface area contributed by atoms with E-state index in [1.807, 2.05) is 0 Å². The van der Waals surface area contributed by atoms with Gasteiger partial charge in [0.15, 0.2) is 5.82 Å². The first-order chi connectivity index (χ1) is 18.1. The molecule has 0 fully saturated rings. The van der Waals surface area contributed by atoms with Gasteiger partial charge in [0.2, 0.25) is 5.90 Å². The molecule has 4 heterocycles. The number of aromatic nitrogens is 4. The molecule has 5 rings (SSSR count). The van der Waals surface area contributed by atoms with E-state index in [1.54, 1.807) is 30.5 Å². The molecule has 3 aromatic heterocycles. The van der Waals surface area contributed by atoms with Crippen LogP contribution in [0.5, 0.6) is 0 Å². The maximum Gasteiger partial charge on any atom is 0.416 e. The Morgan fingerprint density at radius 2 is 1.89 bits per heavy atom. The minimum absolute atomic E-state index is 0.0641. The molecule has 0 aliphatic carbocycles. The lowest BCUT2D eigenvalue weighted by molar-refractivity contribution is -0.307. The van der Waals surface area contributed by atoms with Gasteiger partial charge in [0.25, 0.3) is 0 Å². The van der Waals surface area contributed by atoms with Crippen LogP contribution in [-0.2, 0) is 15.7 Å². The van der Waals surface area contributed by atoms with Gasteiger partial charge in [-0.25, -0.2) is 24.3 Å². The molecule has 38 heavy (non-hydrogen) atoms. The highest BCUT2D eigenvalue weighted by molar-refractivity contribution is 6.08. The Hall–Kier alpha value is -5.21. The molecule has 194 valence electrons. The number of anilines is 3. The maximum absolute atomic E-state index is 12.9. The molecule has 1 aliphatic heterocycles. The van der Waals surface area contributed by atoms with Gasteiger partial charge in [-0.05, 0) is 29.8 Å². The SMILES string of the molecule is Nc1ncnn2cc(C3=NC(C(=O)[O-])CO3)c(-c3ccc(NC(=O)Nc4cc(C(F)(F)F)ccn4)cc3)c12. The highest BCUT2D eigenvalue weighted by Crippen LogP contribution is 2.35. The van der Waals surface area contributed by atoms with E-state index < -0.39 is 29.8 Å². The van der Waals surface area contributed by atoms with Gasteiger partial charge in [-0.2, -0.15) is 18.3 Å². The fourth-order valence-electron chi connectivity index (χ4n) is 3.81. The number of urea groups is 1. The van der Waals surface area contributed by atoms with E-state index in [2.05, 4.69) is 30.7 Å². The summed E-state index contributed by atoms with van der Waals surface area (Å²) in [6.45, 7) is -0.191. The summed E-state index contributed by atoms with van der Waals surface area (Å²) < 4.78 is 45.6. The fourth-order valence-corrected chi connectivity index (χ4v) is 3.81. The van der Waals surface area contributed by atoms with Crippen LogP contribution in [0, 0.1) is 0 Å². The summed E-state index contributed by atoms with van der Waals surface area (Å²) in [5.74, 6) is -1.44. The van der Waals surface area contributed by atoms with Crippen molar-refractivity contribution < 1.29 is 32.6 Å². The molecule has 1 atom stereocenters. The predicted octanol–water partition coefficient (Wildman–Crippen LogP) is 1.93. The van der Waals surface area contributed by atoms with Crippen molar-refractivity contribution in [1.29, 1.82) is 0 Å². The predicted molar refractivity (Wildman–Crippen MR) is 126 cm³/mol. The van der Waals surface area contributed by atoms with Crippen LogP contribution >= 0.6 is 0 Å². The Morgan fingerprint density at radius 1 is 1.13 bits per heavy atom. The summed E-state index contributed by atoms with van der Waals surface area (Å²) >= 11 is 0. The zero-order valence-corrected chi connectivity index (χ0v) is 19.1. The van der Waals surface area contributed by atoms with E-state index in [0.717, 1.165) is 12.3 Å². The number of pyridine rings is 1. The largest absolute Gasteiger partial charge is 0.548 e. The van der Waals surface area contributed by atoms with Crippen molar-refractivity contribution in [3.05, 3.63) is 66.2 Å². The molecule has 0 saturated carbocycles. The second-order valence-electron chi connectivity index (χ2n) is 8.02. The number of nitrogens with two attached hydrogens (primary N) is 1. The number of amides is 2. The third-order valence-electron chi connectivity index (χ3n) is 5.52. The maximum atomic E-state index is 12.9. The van der Waals surface area contributed by atoms with E-state index in [9.17, 15) is 27.9 Å². The van der Waals surface area contributed by atoms with Crippen LogP contribution in [-0.4, -0.2) is 50.1 Å². The topological polar surface area (TPSA) is 172 Å². The number of nitrogens with zero attached hydrogens (tertiary/aromatic N) is 5. The number of hydrogen-bond donors (Lipinski definition) is 3. The second-order valence-corrected chi connectivity index (χ2v) is 8.02. The third kappa shape index (κ3) is 4.76. The van der Waals surface area contributed by atoms with Gasteiger partial charge in [-0.3, -0.25) is 5.32 Å². The Morgan fingerprint density at radius 3 is 2.58 bits per heavy atom. The molecule has 12 nitrogen and oxygen atoms in total. The standard InChI is InChI=1S/C23H17F3N8O4/c24-23(25,26)12-5-6-28-16(7-12)33-22(37)31-13-3-1-11(2-4-13)17-14(20-32-15(9-38-20)21(35)36)8-34-18(17)19(27)29-10-30-34/h1-8,10,15H,9H2,(H,35,36)(H2,27,29,30)(H2,28,31,33,37)/p-1. The molecular weight excluding hydrogens is 509 g/mol. The number of carbonyl (C=O) groups is 2. The quantitative estimate of drug-likeness (QED) is 0.355. The Bertz CT molecular complexity index is 1580. The summed E-state index contributed by atoms with van der Waals surface area (Å²) in [7, 11) is 0. The number of fused-ring (bicyclic) bond motifs is 1. The van der Waals surface area contributed by atoms with Crippen LogP contribution in [0.1, 0.15) is 11.1 Å². The van der Waals surface area contributed by atoms with Crippen molar-refractivity contribution in [2.45, 2.75) is 12.2 Å². The molecule has 1 unspecified atom stereocenters. The highest BCUT2D eigenvalue weighted by Gasteiger charge is 2.31. The van der Waals surface area contributed by atoms with Crippen molar-refractivity contribution in [1.82, 2.24) is 19.6 Å². The van der Waals surface area contributed by atoms with Crippen molar-refractivity contribution in [2.75, 3.05) is 23.0 Å². The second kappa shape index (κ2) is 9.34. The van der Waals surface area contributed by atoms with Crippen molar-refractivity contribution >= 4 is 40.7 Å². The van der Waals surface area contributed by atoms with Crippen LogP contribution in [0.3, 0.4) is 0 Å². The molecule has 0 saturated heterocycles. The summed E-state index contributed by atoms with van der Waals surface area (Å²) in [5.41, 5.74) is 7.37. The van der Waals surface area contributed by atoms with E-state index in [0.29, 0.717) is 34.0 Å². The number of ether oxygens (including phenoxy) is 1. The molecule has 0 radical (unpaired) electrons. The number of rotatable bonds is 5. The van der Waals surface area contributed by atoms with Crippen LogP contribution in [0.15, 0.2) is 60.1 Å². The molecule has 4 aromatic rings. The van der Waals surface area contributed by atoms with Gasteiger partial charge >= 0.3 is 12.2 Å². The molecule has 1 aromatic carbocycles. The summed E-state index contributed by atoms with van der Waals surface area (Å²) in [6.07, 6.45) is -0.818. The number of hydrogen-bond acceptors (Lipinski definition) is 9. The first-order valence-electron chi connectivity index (χ1n) is 10.9. The Balaban J connectivity index is 1.41. The zero-order chi connectivity index (χ0) is 27.0. The van der Waals surface area contributed by atoms with Crippen LogP contribution in [0.4, 0.5) is 35.3 Å². The van der Waals surface area contributed by atoms with E-state index in [1.165, 1.54) is 10.8 Å². The lowest BCUT2D eigenvalue weighted by atomic mass is 10.0. The van der Waals surface area contributed by atoms with Crippen LogP contribution in [0.2, 0.25) is 0 Å². The number of aliphatic imine (C=N–C) groups is 1. The van der Waals surface area contributed by atoms with Gasteiger partial charge < -0.3 is 25.7 Å². The van der Waals surface area contributed by atoms with Crippen molar-refractivity contribution in [2.24, 2.45) is 4.99 Å². The highest BCUT2D eigenvalue weighted by atomic mass is 19.4. The molecule has 15 heteroatoms. The van der Waals surface area contributed by atoms with Gasteiger partial charge in [-0.15, -0.1) is 0 Å². The van der Waals surface area contributed by atoms with Gasteiger partial charge in [-0.1, -0.05) is 12.1 Å². The number of aliphatic carboxylic acids is 1.